The lowest BCUT2D eigenvalue weighted by molar-refractivity contribution is 0.278. The molecule has 0 aliphatic rings. The molecule has 0 fully saturated rings. The molecule has 2 nitrogen and oxygen atoms in total. The fourth-order valence-corrected chi connectivity index (χ4v) is 2.09. The van der Waals surface area contributed by atoms with Crippen molar-refractivity contribution in [2.75, 3.05) is 19.6 Å². The van der Waals surface area contributed by atoms with Crippen LogP contribution in [0.3, 0.4) is 0 Å². The Kier molecular flexibility index (Phi) is 9.52. The summed E-state index contributed by atoms with van der Waals surface area (Å²) < 4.78 is 0. The van der Waals surface area contributed by atoms with Crippen molar-refractivity contribution in [3.8, 4) is 5.75 Å². The first kappa shape index (κ1) is 17.8. The van der Waals surface area contributed by atoms with Crippen molar-refractivity contribution in [2.45, 2.75) is 33.1 Å². The molecular formula is C14H23BrClNO. The maximum Gasteiger partial charge on any atom is 0.134 e. The van der Waals surface area contributed by atoms with E-state index >= 15 is 0 Å². The second kappa shape index (κ2) is 9.65. The van der Waals surface area contributed by atoms with Crippen molar-refractivity contribution in [3.05, 3.63) is 28.8 Å². The van der Waals surface area contributed by atoms with Crippen LogP contribution in [0, 0.1) is 0 Å². The molecule has 104 valence electrons. The highest BCUT2D eigenvalue weighted by Gasteiger charge is 2.04. The molecule has 0 atom stereocenters. The summed E-state index contributed by atoms with van der Waals surface area (Å²) in [4.78, 5) is 2.46. The van der Waals surface area contributed by atoms with Gasteiger partial charge in [-0.1, -0.05) is 31.5 Å². The van der Waals surface area contributed by atoms with Gasteiger partial charge in [-0.2, -0.15) is 0 Å². The molecule has 0 aliphatic carbocycles. The lowest BCUT2D eigenvalue weighted by Crippen LogP contribution is -2.27. The van der Waals surface area contributed by atoms with Crippen LogP contribution >= 0.6 is 28.6 Å². The van der Waals surface area contributed by atoms with Gasteiger partial charge in [0.15, 0.2) is 0 Å². The molecule has 0 aromatic heterocycles. The number of hydrogen-bond acceptors (Lipinski definition) is 2. The van der Waals surface area contributed by atoms with Crippen LogP contribution in [0.2, 0.25) is 5.02 Å². The Bertz CT molecular complexity index is 341. The summed E-state index contributed by atoms with van der Waals surface area (Å²) in [6.45, 7) is 7.75. The topological polar surface area (TPSA) is 23.5 Å². The molecular weight excluding hydrogens is 314 g/mol. The third-order valence-electron chi connectivity index (χ3n) is 2.81. The third-order valence-corrected chi connectivity index (χ3v) is 3.13. The zero-order chi connectivity index (χ0) is 12.7. The summed E-state index contributed by atoms with van der Waals surface area (Å²) in [5, 5.41) is 9.95. The van der Waals surface area contributed by atoms with Gasteiger partial charge in [-0.05, 0) is 50.0 Å². The monoisotopic (exact) mass is 335 g/mol. The molecule has 0 aliphatic heterocycles. The van der Waals surface area contributed by atoms with E-state index in [-0.39, 0.29) is 22.7 Å². The van der Waals surface area contributed by atoms with Gasteiger partial charge < -0.3 is 10.0 Å². The number of halogens is 2. The van der Waals surface area contributed by atoms with Crippen molar-refractivity contribution in [3.63, 3.8) is 0 Å². The van der Waals surface area contributed by atoms with Crippen molar-refractivity contribution < 1.29 is 5.11 Å². The highest BCUT2D eigenvalue weighted by molar-refractivity contribution is 8.93. The fraction of sp³-hybridized carbons (Fsp3) is 0.571. The summed E-state index contributed by atoms with van der Waals surface area (Å²) in [6, 6.07) is 5.51. The maximum atomic E-state index is 9.53. The van der Waals surface area contributed by atoms with Crippen LogP contribution in [-0.4, -0.2) is 29.6 Å². The van der Waals surface area contributed by atoms with E-state index in [1.54, 1.807) is 12.1 Å². The first-order chi connectivity index (χ1) is 8.17. The summed E-state index contributed by atoms with van der Waals surface area (Å²) in [6.07, 6.45) is 3.34. The van der Waals surface area contributed by atoms with Gasteiger partial charge in [0, 0.05) is 6.54 Å². The fourth-order valence-electron chi connectivity index (χ4n) is 1.97. The first-order valence-electron chi connectivity index (χ1n) is 6.37. The molecule has 1 rings (SSSR count). The lowest BCUT2D eigenvalue weighted by Gasteiger charge is -2.20. The highest BCUT2D eigenvalue weighted by Crippen LogP contribution is 2.23. The Morgan fingerprint density at radius 3 is 2.22 bits per heavy atom. The minimum atomic E-state index is 0. The Hall–Kier alpha value is -0.250. The molecule has 1 aromatic rings. The minimum absolute atomic E-state index is 0. The molecule has 1 N–H and O–H groups in total. The van der Waals surface area contributed by atoms with Crippen LogP contribution in [0.1, 0.15) is 32.3 Å². The van der Waals surface area contributed by atoms with Gasteiger partial charge in [-0.15, -0.1) is 17.0 Å². The zero-order valence-electron chi connectivity index (χ0n) is 11.2. The van der Waals surface area contributed by atoms with Crippen LogP contribution in [-0.2, 0) is 6.42 Å². The van der Waals surface area contributed by atoms with Crippen molar-refractivity contribution in [2.24, 2.45) is 0 Å². The van der Waals surface area contributed by atoms with E-state index in [1.807, 2.05) is 6.07 Å². The summed E-state index contributed by atoms with van der Waals surface area (Å²) in [5.41, 5.74) is 1.14. The van der Waals surface area contributed by atoms with Crippen molar-refractivity contribution in [1.82, 2.24) is 4.90 Å². The zero-order valence-corrected chi connectivity index (χ0v) is 13.6. The molecule has 0 amide bonds. The average molecular weight is 337 g/mol. The van der Waals surface area contributed by atoms with Gasteiger partial charge in [-0.3, -0.25) is 0 Å². The minimum Gasteiger partial charge on any atom is -0.506 e. The Labute approximate surface area is 126 Å². The number of phenolic OH excluding ortho intramolecular Hbond substituents is 1. The second-order valence-electron chi connectivity index (χ2n) is 4.38. The van der Waals surface area contributed by atoms with E-state index in [2.05, 4.69) is 18.7 Å². The first-order valence-corrected chi connectivity index (χ1v) is 6.75. The van der Waals surface area contributed by atoms with Gasteiger partial charge in [-0.25, -0.2) is 0 Å². The molecule has 0 heterocycles. The number of phenols is 1. The molecule has 0 saturated carbocycles. The van der Waals surface area contributed by atoms with E-state index < -0.39 is 0 Å². The second-order valence-corrected chi connectivity index (χ2v) is 4.78. The van der Waals surface area contributed by atoms with E-state index in [4.69, 9.17) is 11.6 Å². The average Bonchev–Trinajstić information content (AvgIpc) is 2.31. The van der Waals surface area contributed by atoms with Gasteiger partial charge in [0.2, 0.25) is 0 Å². The highest BCUT2D eigenvalue weighted by atomic mass is 79.9. The molecule has 1 aromatic carbocycles. The molecule has 0 saturated heterocycles. The van der Waals surface area contributed by atoms with Gasteiger partial charge >= 0.3 is 0 Å². The van der Waals surface area contributed by atoms with E-state index in [0.717, 1.165) is 31.6 Å². The summed E-state index contributed by atoms with van der Waals surface area (Å²) in [7, 11) is 0. The maximum absolute atomic E-state index is 9.53. The van der Waals surface area contributed by atoms with Crippen LogP contribution in [0.5, 0.6) is 5.75 Å². The normalized spacial score (nSPS) is 10.4. The van der Waals surface area contributed by atoms with Crippen molar-refractivity contribution >= 4 is 28.6 Å². The number of hydrogen-bond donors (Lipinski definition) is 1. The van der Waals surface area contributed by atoms with Gasteiger partial charge in [0.05, 0.1) is 5.02 Å². The molecule has 0 spiro atoms. The molecule has 0 radical (unpaired) electrons. The Morgan fingerprint density at radius 2 is 1.72 bits per heavy atom. The van der Waals surface area contributed by atoms with Crippen LogP contribution in [0.4, 0.5) is 0 Å². The lowest BCUT2D eigenvalue weighted by atomic mass is 10.1. The van der Waals surface area contributed by atoms with Gasteiger partial charge in [0.25, 0.3) is 0 Å². The quantitative estimate of drug-likeness (QED) is 0.803. The van der Waals surface area contributed by atoms with Crippen LogP contribution < -0.4 is 0 Å². The largest absolute Gasteiger partial charge is 0.506 e. The molecule has 18 heavy (non-hydrogen) atoms. The number of rotatable bonds is 7. The molecule has 0 unspecified atom stereocenters. The van der Waals surface area contributed by atoms with E-state index in [0.29, 0.717) is 5.02 Å². The summed E-state index contributed by atoms with van der Waals surface area (Å²) in [5.74, 6) is 0.182. The number of aromatic hydroxyl groups is 1. The van der Waals surface area contributed by atoms with Gasteiger partial charge in [0.1, 0.15) is 5.75 Å². The standard InChI is InChI=1S/C14H22ClNO.BrH/c1-3-8-16(9-4-2)10-7-12-5-6-13(15)14(17)11-12;/h5-6,11,17H,3-4,7-10H2,1-2H3;1H. The molecule has 4 heteroatoms. The van der Waals surface area contributed by atoms with E-state index in [9.17, 15) is 5.11 Å². The van der Waals surface area contributed by atoms with Crippen molar-refractivity contribution in [1.29, 1.82) is 0 Å². The van der Waals surface area contributed by atoms with Crippen LogP contribution in [0.15, 0.2) is 18.2 Å². The van der Waals surface area contributed by atoms with E-state index in [1.165, 1.54) is 12.8 Å². The summed E-state index contributed by atoms with van der Waals surface area (Å²) >= 11 is 5.78. The predicted molar refractivity (Wildman–Crippen MR) is 84.2 cm³/mol. The third kappa shape index (κ3) is 6.07. The molecule has 0 bridgehead atoms. The number of benzene rings is 1. The Balaban J connectivity index is 0.00000289. The van der Waals surface area contributed by atoms with Crippen LogP contribution in [0.25, 0.3) is 0 Å². The Morgan fingerprint density at radius 1 is 1.11 bits per heavy atom. The SMILES string of the molecule is Br.CCCN(CCC)CCc1ccc(Cl)c(O)c1. The number of nitrogens with zero attached hydrogens (tertiary/aromatic N) is 1. The smallest absolute Gasteiger partial charge is 0.134 e. The predicted octanol–water partition coefficient (Wildman–Crippen LogP) is 4.29.